The summed E-state index contributed by atoms with van der Waals surface area (Å²) in [5, 5.41) is 0. The zero-order valence-electron chi connectivity index (χ0n) is 11.3. The lowest BCUT2D eigenvalue weighted by atomic mass is 9.81. The second-order valence-corrected chi connectivity index (χ2v) is 5.26. The lowest BCUT2D eigenvalue weighted by Crippen LogP contribution is -2.46. The van der Waals surface area contributed by atoms with E-state index in [9.17, 15) is 0 Å². The van der Waals surface area contributed by atoms with Crippen LogP contribution in [0.25, 0.3) is 0 Å². The van der Waals surface area contributed by atoms with Gasteiger partial charge in [0.2, 0.25) is 0 Å². The Balaban J connectivity index is 2.57. The molecule has 0 saturated carbocycles. The van der Waals surface area contributed by atoms with Gasteiger partial charge in [-0.25, -0.2) is 0 Å². The van der Waals surface area contributed by atoms with Crippen LogP contribution in [0.5, 0.6) is 0 Å². The monoisotopic (exact) mass is 228 g/mol. The van der Waals surface area contributed by atoms with Crippen LogP contribution in [0.2, 0.25) is 0 Å². The first-order valence-corrected chi connectivity index (χ1v) is 6.60. The van der Waals surface area contributed by atoms with Gasteiger partial charge in [-0.1, -0.05) is 13.8 Å². The first-order chi connectivity index (χ1) is 7.58. The lowest BCUT2D eigenvalue weighted by Gasteiger charge is -2.38. The third-order valence-electron chi connectivity index (χ3n) is 4.42. The summed E-state index contributed by atoms with van der Waals surface area (Å²) in [5.74, 6) is 0. The number of hydrogen-bond donors (Lipinski definition) is 1. The Bertz CT molecular complexity index is 196. The van der Waals surface area contributed by atoms with Crippen LogP contribution in [0.15, 0.2) is 0 Å². The summed E-state index contributed by atoms with van der Waals surface area (Å²) >= 11 is 0. The molecule has 0 aromatic heterocycles. The number of ether oxygens (including phenoxy) is 1. The van der Waals surface area contributed by atoms with Crippen molar-refractivity contribution < 1.29 is 4.74 Å². The minimum atomic E-state index is 0.289. The summed E-state index contributed by atoms with van der Waals surface area (Å²) in [6.07, 6.45) is 3.85. The summed E-state index contributed by atoms with van der Waals surface area (Å²) < 4.78 is 5.63. The molecule has 0 aliphatic carbocycles. The molecular formula is C13H28N2O. The number of nitrogens with zero attached hydrogens (tertiary/aromatic N) is 1. The van der Waals surface area contributed by atoms with E-state index < -0.39 is 0 Å². The fourth-order valence-electron chi connectivity index (χ4n) is 2.77. The summed E-state index contributed by atoms with van der Waals surface area (Å²) in [6.45, 7) is 9.46. The van der Waals surface area contributed by atoms with E-state index in [1.807, 2.05) is 0 Å². The van der Waals surface area contributed by atoms with E-state index in [0.29, 0.717) is 12.1 Å². The number of hydrogen-bond acceptors (Lipinski definition) is 3. The highest BCUT2D eigenvalue weighted by molar-refractivity contribution is 4.87. The van der Waals surface area contributed by atoms with Gasteiger partial charge in [-0.05, 0) is 45.2 Å². The van der Waals surface area contributed by atoms with E-state index in [1.54, 1.807) is 0 Å². The summed E-state index contributed by atoms with van der Waals surface area (Å²) in [4.78, 5) is 2.46. The van der Waals surface area contributed by atoms with Gasteiger partial charge < -0.3 is 15.4 Å². The molecule has 1 aliphatic rings. The Morgan fingerprint density at radius 3 is 2.38 bits per heavy atom. The maximum Gasteiger partial charge on any atom is 0.0702 e. The van der Waals surface area contributed by atoms with E-state index in [0.717, 1.165) is 39.0 Å². The van der Waals surface area contributed by atoms with Crippen molar-refractivity contribution in [3.8, 4) is 0 Å². The maximum absolute atomic E-state index is 5.95. The highest BCUT2D eigenvalue weighted by Gasteiger charge is 2.33. The van der Waals surface area contributed by atoms with Crippen molar-refractivity contribution in [3.05, 3.63) is 0 Å². The van der Waals surface area contributed by atoms with E-state index in [2.05, 4.69) is 32.7 Å². The zero-order chi connectivity index (χ0) is 12.2. The molecule has 0 aromatic carbocycles. The van der Waals surface area contributed by atoms with Crippen LogP contribution in [0.3, 0.4) is 0 Å². The van der Waals surface area contributed by atoms with Crippen LogP contribution >= 0.6 is 0 Å². The summed E-state index contributed by atoms with van der Waals surface area (Å²) in [5.41, 5.74) is 6.24. The minimum absolute atomic E-state index is 0.289. The molecule has 2 N–H and O–H groups in total. The summed E-state index contributed by atoms with van der Waals surface area (Å²) in [6, 6.07) is 0.573. The van der Waals surface area contributed by atoms with Gasteiger partial charge >= 0.3 is 0 Å². The average molecular weight is 228 g/mol. The quantitative estimate of drug-likeness (QED) is 0.754. The molecule has 2 unspecified atom stereocenters. The van der Waals surface area contributed by atoms with Gasteiger partial charge in [0.05, 0.1) is 6.10 Å². The highest BCUT2D eigenvalue weighted by Crippen LogP contribution is 2.28. The third kappa shape index (κ3) is 2.96. The van der Waals surface area contributed by atoms with Crippen molar-refractivity contribution in [2.75, 3.05) is 26.7 Å². The topological polar surface area (TPSA) is 38.5 Å². The lowest BCUT2D eigenvalue weighted by molar-refractivity contribution is 0.0622. The van der Waals surface area contributed by atoms with Crippen LogP contribution in [0, 0.1) is 5.41 Å². The molecular weight excluding hydrogens is 200 g/mol. The van der Waals surface area contributed by atoms with Gasteiger partial charge in [0.25, 0.3) is 0 Å². The number of rotatable bonds is 6. The fourth-order valence-corrected chi connectivity index (χ4v) is 2.77. The minimum Gasteiger partial charge on any atom is -0.377 e. The molecule has 96 valence electrons. The second kappa shape index (κ2) is 5.99. The second-order valence-electron chi connectivity index (χ2n) is 5.26. The van der Waals surface area contributed by atoms with E-state index in [-0.39, 0.29) is 5.41 Å². The van der Waals surface area contributed by atoms with E-state index in [1.165, 1.54) is 0 Å². The highest BCUT2D eigenvalue weighted by atomic mass is 16.5. The Morgan fingerprint density at radius 2 is 2.00 bits per heavy atom. The molecule has 1 saturated heterocycles. The van der Waals surface area contributed by atoms with Crippen LogP contribution in [-0.2, 0) is 4.74 Å². The number of likely N-dealkylation sites (N-methyl/N-ethyl adjacent to an activating group) is 1. The first kappa shape index (κ1) is 13.9. The average Bonchev–Trinajstić information content (AvgIpc) is 2.72. The van der Waals surface area contributed by atoms with Gasteiger partial charge in [-0.15, -0.1) is 0 Å². The standard InChI is InChI=1S/C13H28N2O/c1-5-13(6-2,9-14)10-15(4)12-7-8-16-11(12)3/h11-12H,5-10,14H2,1-4H3. The van der Waals surface area contributed by atoms with Crippen LogP contribution in [-0.4, -0.2) is 43.8 Å². The molecule has 3 nitrogen and oxygen atoms in total. The predicted octanol–water partition coefficient (Wildman–Crippen LogP) is 1.86. The normalized spacial score (nSPS) is 26.6. The van der Waals surface area contributed by atoms with E-state index >= 15 is 0 Å². The molecule has 16 heavy (non-hydrogen) atoms. The van der Waals surface area contributed by atoms with Crippen molar-refractivity contribution in [2.24, 2.45) is 11.1 Å². The van der Waals surface area contributed by atoms with Crippen molar-refractivity contribution in [3.63, 3.8) is 0 Å². The Hall–Kier alpha value is -0.120. The molecule has 0 spiro atoms. The van der Waals surface area contributed by atoms with Crippen LogP contribution < -0.4 is 5.73 Å². The van der Waals surface area contributed by atoms with Gasteiger partial charge in [0, 0.05) is 19.2 Å². The van der Waals surface area contributed by atoms with E-state index in [4.69, 9.17) is 10.5 Å². The van der Waals surface area contributed by atoms with Gasteiger partial charge in [0.15, 0.2) is 0 Å². The third-order valence-corrected chi connectivity index (χ3v) is 4.42. The van der Waals surface area contributed by atoms with Crippen molar-refractivity contribution in [1.29, 1.82) is 0 Å². The molecule has 1 fully saturated rings. The SMILES string of the molecule is CCC(CC)(CN)CN(C)C1CCOC1C. The molecule has 3 heteroatoms. The molecule has 0 radical (unpaired) electrons. The van der Waals surface area contributed by atoms with Crippen LogP contribution in [0.4, 0.5) is 0 Å². The summed E-state index contributed by atoms with van der Waals surface area (Å²) in [7, 11) is 2.21. The molecule has 1 aliphatic heterocycles. The smallest absolute Gasteiger partial charge is 0.0702 e. The Kier molecular flexibility index (Phi) is 5.22. The van der Waals surface area contributed by atoms with Gasteiger partial charge in [-0.2, -0.15) is 0 Å². The Morgan fingerprint density at radius 1 is 1.38 bits per heavy atom. The molecule has 0 bridgehead atoms. The molecule has 1 heterocycles. The largest absolute Gasteiger partial charge is 0.377 e. The maximum atomic E-state index is 5.95. The van der Waals surface area contributed by atoms with Crippen molar-refractivity contribution in [2.45, 2.75) is 52.2 Å². The molecule has 1 rings (SSSR count). The van der Waals surface area contributed by atoms with Crippen molar-refractivity contribution in [1.82, 2.24) is 4.90 Å². The number of nitrogens with two attached hydrogens (primary N) is 1. The van der Waals surface area contributed by atoms with Gasteiger partial charge in [-0.3, -0.25) is 0 Å². The fraction of sp³-hybridized carbons (Fsp3) is 1.00. The van der Waals surface area contributed by atoms with Gasteiger partial charge in [0.1, 0.15) is 0 Å². The molecule has 0 aromatic rings. The molecule has 0 amide bonds. The Labute approximate surface area is 100 Å². The first-order valence-electron chi connectivity index (χ1n) is 6.60. The predicted molar refractivity (Wildman–Crippen MR) is 68.5 cm³/mol. The van der Waals surface area contributed by atoms with Crippen molar-refractivity contribution >= 4 is 0 Å². The molecule has 2 atom stereocenters. The van der Waals surface area contributed by atoms with Crippen LogP contribution in [0.1, 0.15) is 40.0 Å². The zero-order valence-corrected chi connectivity index (χ0v) is 11.3.